The van der Waals surface area contributed by atoms with Gasteiger partial charge in [-0.3, -0.25) is 0 Å². The van der Waals surface area contributed by atoms with Gasteiger partial charge < -0.3 is 5.32 Å². The molecule has 1 N–H and O–H groups in total. The van der Waals surface area contributed by atoms with Gasteiger partial charge >= 0.3 is 0 Å². The minimum atomic E-state index is 0.773. The van der Waals surface area contributed by atoms with E-state index in [0.29, 0.717) is 0 Å². The topological polar surface area (TPSA) is 12.0 Å². The second-order valence-corrected chi connectivity index (χ2v) is 5.05. The summed E-state index contributed by atoms with van der Waals surface area (Å²) < 4.78 is 0. The van der Waals surface area contributed by atoms with Crippen molar-refractivity contribution in [2.45, 2.75) is 44.2 Å². The van der Waals surface area contributed by atoms with Crippen LogP contribution in [-0.4, -0.2) is 12.1 Å². The molecule has 0 aromatic carbocycles. The van der Waals surface area contributed by atoms with Crippen LogP contribution in [0.1, 0.15) is 30.4 Å². The molecule has 1 atom stereocenters. The third-order valence-corrected chi connectivity index (χ3v) is 3.95. The van der Waals surface area contributed by atoms with Crippen molar-refractivity contribution in [1.29, 1.82) is 0 Å². The van der Waals surface area contributed by atoms with Gasteiger partial charge in [0.15, 0.2) is 0 Å². The van der Waals surface area contributed by atoms with E-state index in [9.17, 15) is 0 Å². The average Bonchev–Trinajstić information content (AvgIpc) is 2.83. The predicted molar refractivity (Wildman–Crippen MR) is 56.3 cm³/mol. The summed E-state index contributed by atoms with van der Waals surface area (Å²) in [6, 6.07) is 1.64. The number of hydrogen-bond donors (Lipinski definition) is 1. The van der Waals surface area contributed by atoms with Gasteiger partial charge in [0.2, 0.25) is 0 Å². The zero-order chi connectivity index (χ0) is 8.67. The van der Waals surface area contributed by atoms with Gasteiger partial charge in [-0.15, -0.1) is 0 Å². The molecule has 3 rings (SSSR count). The van der Waals surface area contributed by atoms with E-state index < -0.39 is 0 Å². The summed E-state index contributed by atoms with van der Waals surface area (Å²) in [5.41, 5.74) is 3.22. The average molecular weight is 193 g/mol. The van der Waals surface area contributed by atoms with E-state index in [0.717, 1.165) is 12.1 Å². The first-order valence-corrected chi connectivity index (χ1v) is 6.16. The molecule has 2 heteroatoms. The fourth-order valence-electron chi connectivity index (χ4n) is 2.17. The van der Waals surface area contributed by atoms with Gasteiger partial charge in [-0.05, 0) is 54.0 Å². The van der Waals surface area contributed by atoms with Crippen LogP contribution in [-0.2, 0) is 12.8 Å². The highest BCUT2D eigenvalue weighted by molar-refractivity contribution is 7.08. The lowest BCUT2D eigenvalue weighted by Crippen LogP contribution is -2.35. The smallest absolute Gasteiger partial charge is 0.0114 e. The lowest BCUT2D eigenvalue weighted by molar-refractivity contribution is 0.457. The molecule has 1 unspecified atom stereocenters. The zero-order valence-electron chi connectivity index (χ0n) is 7.75. The number of fused-ring (bicyclic) bond motifs is 1. The maximum Gasteiger partial charge on any atom is 0.0114 e. The van der Waals surface area contributed by atoms with E-state index in [1.54, 1.807) is 11.1 Å². The van der Waals surface area contributed by atoms with Crippen LogP contribution in [0.4, 0.5) is 0 Å². The molecular formula is C11H15NS. The number of aryl methyl sites for hydroxylation is 1. The SMILES string of the molecule is c1scc2c1CCC(NC1CC1)C2. The molecule has 0 radical (unpaired) electrons. The second-order valence-electron chi connectivity index (χ2n) is 4.30. The summed E-state index contributed by atoms with van der Waals surface area (Å²) in [6.45, 7) is 0. The number of thiophene rings is 1. The molecule has 1 saturated carbocycles. The van der Waals surface area contributed by atoms with Crippen LogP contribution in [0.25, 0.3) is 0 Å². The first kappa shape index (κ1) is 8.01. The fraction of sp³-hybridized carbons (Fsp3) is 0.636. The molecule has 1 nitrogen and oxygen atoms in total. The van der Waals surface area contributed by atoms with Crippen LogP contribution in [0.5, 0.6) is 0 Å². The van der Waals surface area contributed by atoms with Crippen molar-refractivity contribution in [3.8, 4) is 0 Å². The normalized spacial score (nSPS) is 27.2. The van der Waals surface area contributed by atoms with Crippen LogP contribution < -0.4 is 5.32 Å². The first-order chi connectivity index (χ1) is 6.42. The Hall–Kier alpha value is -0.340. The van der Waals surface area contributed by atoms with Gasteiger partial charge in [0, 0.05) is 12.1 Å². The zero-order valence-corrected chi connectivity index (χ0v) is 8.57. The monoisotopic (exact) mass is 193 g/mol. The quantitative estimate of drug-likeness (QED) is 0.760. The summed E-state index contributed by atoms with van der Waals surface area (Å²) in [5, 5.41) is 8.38. The van der Waals surface area contributed by atoms with Crippen molar-refractivity contribution in [2.24, 2.45) is 0 Å². The van der Waals surface area contributed by atoms with E-state index in [1.807, 2.05) is 11.3 Å². The lowest BCUT2D eigenvalue weighted by Gasteiger charge is -2.23. The molecule has 70 valence electrons. The molecule has 0 spiro atoms. The van der Waals surface area contributed by atoms with E-state index in [2.05, 4.69) is 16.1 Å². The standard InChI is InChI=1S/C11H15NS/c1-2-11(12-10-3-4-10)5-9-7-13-6-8(1)9/h6-7,10-12H,1-5H2. The molecule has 0 bridgehead atoms. The van der Waals surface area contributed by atoms with Gasteiger partial charge in [0.1, 0.15) is 0 Å². The van der Waals surface area contributed by atoms with E-state index in [4.69, 9.17) is 0 Å². The summed E-state index contributed by atoms with van der Waals surface area (Å²) >= 11 is 1.86. The minimum Gasteiger partial charge on any atom is -0.311 e. The van der Waals surface area contributed by atoms with E-state index in [-0.39, 0.29) is 0 Å². The van der Waals surface area contributed by atoms with Crippen molar-refractivity contribution in [3.63, 3.8) is 0 Å². The Balaban J connectivity index is 1.69. The highest BCUT2D eigenvalue weighted by Crippen LogP contribution is 2.27. The molecule has 1 heterocycles. The highest BCUT2D eigenvalue weighted by atomic mass is 32.1. The van der Waals surface area contributed by atoms with Crippen molar-refractivity contribution in [1.82, 2.24) is 5.32 Å². The highest BCUT2D eigenvalue weighted by Gasteiger charge is 2.26. The van der Waals surface area contributed by atoms with Gasteiger partial charge in [-0.2, -0.15) is 11.3 Å². The van der Waals surface area contributed by atoms with Gasteiger partial charge in [0.05, 0.1) is 0 Å². The summed E-state index contributed by atoms with van der Waals surface area (Å²) in [5.74, 6) is 0. The fourth-order valence-corrected chi connectivity index (χ4v) is 3.08. The minimum absolute atomic E-state index is 0.773. The molecule has 0 amide bonds. The maximum atomic E-state index is 3.73. The second kappa shape index (κ2) is 3.10. The Bertz CT molecular complexity index is 301. The van der Waals surface area contributed by atoms with Crippen molar-refractivity contribution >= 4 is 11.3 Å². The Morgan fingerprint density at radius 2 is 1.92 bits per heavy atom. The van der Waals surface area contributed by atoms with Crippen LogP contribution in [0.3, 0.4) is 0 Å². The first-order valence-electron chi connectivity index (χ1n) is 5.22. The third-order valence-electron chi connectivity index (χ3n) is 3.11. The number of hydrogen-bond acceptors (Lipinski definition) is 2. The van der Waals surface area contributed by atoms with Crippen LogP contribution in [0.2, 0.25) is 0 Å². The molecule has 2 aliphatic rings. The van der Waals surface area contributed by atoms with Gasteiger partial charge in [-0.25, -0.2) is 0 Å². The number of nitrogens with one attached hydrogen (secondary N) is 1. The largest absolute Gasteiger partial charge is 0.311 e. The van der Waals surface area contributed by atoms with E-state index in [1.165, 1.54) is 32.1 Å². The van der Waals surface area contributed by atoms with Crippen LogP contribution in [0, 0.1) is 0 Å². The molecule has 2 aliphatic carbocycles. The van der Waals surface area contributed by atoms with Gasteiger partial charge in [-0.1, -0.05) is 0 Å². The van der Waals surface area contributed by atoms with E-state index >= 15 is 0 Å². The van der Waals surface area contributed by atoms with Crippen molar-refractivity contribution < 1.29 is 0 Å². The Kier molecular flexibility index (Phi) is 1.91. The van der Waals surface area contributed by atoms with Gasteiger partial charge in [0.25, 0.3) is 0 Å². The van der Waals surface area contributed by atoms with Crippen molar-refractivity contribution in [2.75, 3.05) is 0 Å². The van der Waals surface area contributed by atoms with Crippen LogP contribution >= 0.6 is 11.3 Å². The maximum absolute atomic E-state index is 3.73. The molecule has 1 aromatic heterocycles. The Morgan fingerprint density at radius 1 is 1.08 bits per heavy atom. The lowest BCUT2D eigenvalue weighted by atomic mass is 9.91. The molecule has 1 fully saturated rings. The molecule has 1 aromatic rings. The Labute approximate surface area is 83.2 Å². The number of rotatable bonds is 2. The van der Waals surface area contributed by atoms with Crippen molar-refractivity contribution in [3.05, 3.63) is 21.9 Å². The Morgan fingerprint density at radius 3 is 2.77 bits per heavy atom. The summed E-state index contributed by atoms with van der Waals surface area (Å²) in [6.07, 6.45) is 6.73. The molecule has 0 aliphatic heterocycles. The third kappa shape index (κ3) is 1.65. The summed E-state index contributed by atoms with van der Waals surface area (Å²) in [4.78, 5) is 0. The molecular weight excluding hydrogens is 178 g/mol. The van der Waals surface area contributed by atoms with Crippen LogP contribution in [0.15, 0.2) is 10.8 Å². The molecule has 0 saturated heterocycles. The predicted octanol–water partition coefficient (Wildman–Crippen LogP) is 2.36. The molecule has 13 heavy (non-hydrogen) atoms. The summed E-state index contributed by atoms with van der Waals surface area (Å²) in [7, 11) is 0.